The average Bonchev–Trinajstić information content (AvgIpc) is 2.63. The zero-order valence-corrected chi connectivity index (χ0v) is 15.6. The maximum atomic E-state index is 6.16. The van der Waals surface area contributed by atoms with E-state index in [-0.39, 0.29) is 0 Å². The van der Waals surface area contributed by atoms with Gasteiger partial charge in [-0.05, 0) is 42.5 Å². The number of anilines is 5. The smallest absolute Gasteiger partial charge is 0.137 e. The molecular weight excluding hydrogens is 350 g/mol. The number of hydrogen-bond acceptors (Lipinski definition) is 6. The van der Waals surface area contributed by atoms with E-state index in [1.165, 1.54) is 6.33 Å². The van der Waals surface area contributed by atoms with Gasteiger partial charge < -0.3 is 20.3 Å². The van der Waals surface area contributed by atoms with Crippen LogP contribution in [0.5, 0.6) is 5.75 Å². The second-order valence-electron chi connectivity index (χ2n) is 5.83. The molecule has 0 aliphatic rings. The number of methoxy groups -OCH3 is 1. The second-order valence-corrected chi connectivity index (χ2v) is 6.24. The fraction of sp³-hybridized carbons (Fsp3) is 0.158. The third-order valence-electron chi connectivity index (χ3n) is 3.75. The standard InChI is InChI=1S/C19H20ClN5O/c1-25(2)15-7-4-13(5-8-15)23-18-11-19(22-12-21-18)24-14-6-9-17(26-3)16(20)10-14/h4-12H,1-3H3,(H2,21,22,23,24). The highest BCUT2D eigenvalue weighted by atomic mass is 35.5. The van der Waals surface area contributed by atoms with Crippen LogP contribution in [0.25, 0.3) is 0 Å². The molecule has 6 nitrogen and oxygen atoms in total. The van der Waals surface area contributed by atoms with Gasteiger partial charge in [-0.2, -0.15) is 0 Å². The van der Waals surface area contributed by atoms with E-state index in [1.807, 2.05) is 50.5 Å². The first-order chi connectivity index (χ1) is 12.5. The molecule has 0 aliphatic heterocycles. The first-order valence-corrected chi connectivity index (χ1v) is 8.40. The Morgan fingerprint density at radius 3 is 2.08 bits per heavy atom. The molecule has 0 spiro atoms. The summed E-state index contributed by atoms with van der Waals surface area (Å²) in [6.45, 7) is 0. The Balaban J connectivity index is 1.72. The Bertz CT molecular complexity index is 883. The zero-order chi connectivity index (χ0) is 18.5. The van der Waals surface area contributed by atoms with Crippen LogP contribution in [0.3, 0.4) is 0 Å². The largest absolute Gasteiger partial charge is 0.495 e. The first-order valence-electron chi connectivity index (χ1n) is 8.02. The van der Waals surface area contributed by atoms with Gasteiger partial charge in [0.15, 0.2) is 0 Å². The van der Waals surface area contributed by atoms with Gasteiger partial charge in [0.25, 0.3) is 0 Å². The lowest BCUT2D eigenvalue weighted by Gasteiger charge is -2.13. The Morgan fingerprint density at radius 1 is 0.885 bits per heavy atom. The van der Waals surface area contributed by atoms with E-state index >= 15 is 0 Å². The molecule has 0 saturated carbocycles. The molecule has 0 amide bonds. The molecule has 0 radical (unpaired) electrons. The SMILES string of the molecule is COc1ccc(Nc2cc(Nc3ccc(N(C)C)cc3)ncn2)cc1Cl. The molecule has 7 heteroatoms. The average molecular weight is 370 g/mol. The molecule has 0 atom stereocenters. The minimum atomic E-state index is 0.533. The van der Waals surface area contributed by atoms with Crippen LogP contribution in [0.4, 0.5) is 28.7 Å². The van der Waals surface area contributed by atoms with Crippen molar-refractivity contribution in [3.8, 4) is 5.75 Å². The van der Waals surface area contributed by atoms with Crippen molar-refractivity contribution in [1.82, 2.24) is 9.97 Å². The van der Waals surface area contributed by atoms with Crippen LogP contribution in [0.2, 0.25) is 5.02 Å². The zero-order valence-electron chi connectivity index (χ0n) is 14.8. The first kappa shape index (κ1) is 17.8. The summed E-state index contributed by atoms with van der Waals surface area (Å²) >= 11 is 6.16. The Kier molecular flexibility index (Phi) is 5.43. The Morgan fingerprint density at radius 2 is 1.50 bits per heavy atom. The summed E-state index contributed by atoms with van der Waals surface area (Å²) in [5.74, 6) is 1.98. The molecule has 134 valence electrons. The lowest BCUT2D eigenvalue weighted by molar-refractivity contribution is 0.415. The number of aromatic nitrogens is 2. The molecule has 0 unspecified atom stereocenters. The predicted molar refractivity (Wildman–Crippen MR) is 107 cm³/mol. The van der Waals surface area contributed by atoms with Crippen LogP contribution in [-0.4, -0.2) is 31.2 Å². The summed E-state index contributed by atoms with van der Waals surface area (Å²) in [6, 6.07) is 15.4. The number of benzene rings is 2. The van der Waals surface area contributed by atoms with Crippen molar-refractivity contribution in [3.63, 3.8) is 0 Å². The Labute approximate surface area is 157 Å². The summed E-state index contributed by atoms with van der Waals surface area (Å²) in [5, 5.41) is 7.01. The topological polar surface area (TPSA) is 62.3 Å². The van der Waals surface area contributed by atoms with Crippen molar-refractivity contribution in [2.75, 3.05) is 36.7 Å². The van der Waals surface area contributed by atoms with Crippen LogP contribution in [-0.2, 0) is 0 Å². The lowest BCUT2D eigenvalue weighted by atomic mass is 10.2. The van der Waals surface area contributed by atoms with Crippen LogP contribution < -0.4 is 20.3 Å². The highest BCUT2D eigenvalue weighted by molar-refractivity contribution is 6.32. The molecule has 0 aliphatic carbocycles. The quantitative estimate of drug-likeness (QED) is 0.657. The normalized spacial score (nSPS) is 10.3. The molecule has 0 fully saturated rings. The monoisotopic (exact) mass is 369 g/mol. The number of hydrogen-bond donors (Lipinski definition) is 2. The van der Waals surface area contributed by atoms with E-state index in [1.54, 1.807) is 19.2 Å². The molecule has 1 aromatic heterocycles. The maximum absolute atomic E-state index is 6.16. The predicted octanol–water partition coefficient (Wildman–Crippen LogP) is 4.69. The van der Waals surface area contributed by atoms with E-state index < -0.39 is 0 Å². The van der Waals surface area contributed by atoms with Gasteiger partial charge in [-0.1, -0.05) is 11.6 Å². The van der Waals surface area contributed by atoms with Crippen molar-refractivity contribution in [3.05, 3.63) is 59.9 Å². The highest BCUT2D eigenvalue weighted by Crippen LogP contribution is 2.29. The van der Waals surface area contributed by atoms with Gasteiger partial charge in [0, 0.05) is 37.2 Å². The minimum absolute atomic E-state index is 0.533. The summed E-state index contributed by atoms with van der Waals surface area (Å²) in [6.07, 6.45) is 1.50. The molecule has 2 aromatic carbocycles. The van der Waals surface area contributed by atoms with Crippen LogP contribution in [0, 0.1) is 0 Å². The van der Waals surface area contributed by atoms with E-state index in [0.29, 0.717) is 22.4 Å². The summed E-state index contributed by atoms with van der Waals surface area (Å²) in [4.78, 5) is 10.6. The van der Waals surface area contributed by atoms with Gasteiger partial charge in [-0.15, -0.1) is 0 Å². The number of ether oxygens (including phenoxy) is 1. The molecular formula is C19H20ClN5O. The molecule has 3 aromatic rings. The van der Waals surface area contributed by atoms with Crippen molar-refractivity contribution < 1.29 is 4.74 Å². The second kappa shape index (κ2) is 7.93. The molecule has 0 bridgehead atoms. The van der Waals surface area contributed by atoms with Crippen LogP contribution >= 0.6 is 11.6 Å². The number of nitrogens with one attached hydrogen (secondary N) is 2. The van der Waals surface area contributed by atoms with Gasteiger partial charge in [-0.3, -0.25) is 0 Å². The van der Waals surface area contributed by atoms with Gasteiger partial charge >= 0.3 is 0 Å². The lowest BCUT2D eigenvalue weighted by Crippen LogP contribution is -2.08. The van der Waals surface area contributed by atoms with E-state index in [4.69, 9.17) is 16.3 Å². The molecule has 0 saturated heterocycles. The van der Waals surface area contributed by atoms with Gasteiger partial charge in [0.2, 0.25) is 0 Å². The number of halogens is 1. The highest BCUT2D eigenvalue weighted by Gasteiger charge is 2.04. The van der Waals surface area contributed by atoms with E-state index in [2.05, 4.69) is 25.5 Å². The van der Waals surface area contributed by atoms with Crippen LogP contribution in [0.1, 0.15) is 0 Å². The van der Waals surface area contributed by atoms with Crippen molar-refractivity contribution in [1.29, 1.82) is 0 Å². The third kappa shape index (κ3) is 4.34. The third-order valence-corrected chi connectivity index (χ3v) is 4.04. The van der Waals surface area contributed by atoms with Crippen molar-refractivity contribution in [2.24, 2.45) is 0 Å². The van der Waals surface area contributed by atoms with Crippen LogP contribution in [0.15, 0.2) is 54.9 Å². The fourth-order valence-electron chi connectivity index (χ4n) is 2.38. The summed E-state index contributed by atoms with van der Waals surface area (Å²) in [7, 11) is 5.61. The summed E-state index contributed by atoms with van der Waals surface area (Å²) in [5.41, 5.74) is 2.90. The van der Waals surface area contributed by atoms with Gasteiger partial charge in [0.1, 0.15) is 23.7 Å². The maximum Gasteiger partial charge on any atom is 0.137 e. The van der Waals surface area contributed by atoms with Gasteiger partial charge in [0.05, 0.1) is 12.1 Å². The fourth-order valence-corrected chi connectivity index (χ4v) is 2.63. The van der Waals surface area contributed by atoms with E-state index in [9.17, 15) is 0 Å². The van der Waals surface area contributed by atoms with Crippen molar-refractivity contribution in [2.45, 2.75) is 0 Å². The molecule has 26 heavy (non-hydrogen) atoms. The van der Waals surface area contributed by atoms with Gasteiger partial charge in [-0.25, -0.2) is 9.97 Å². The number of rotatable bonds is 6. The number of nitrogens with zero attached hydrogens (tertiary/aromatic N) is 3. The summed E-state index contributed by atoms with van der Waals surface area (Å²) < 4.78 is 5.16. The molecule has 1 heterocycles. The molecule has 3 rings (SSSR count). The molecule has 2 N–H and O–H groups in total. The van der Waals surface area contributed by atoms with Crippen molar-refractivity contribution >= 4 is 40.3 Å². The minimum Gasteiger partial charge on any atom is -0.495 e. The Hall–Kier alpha value is -2.99. The van der Waals surface area contributed by atoms with E-state index in [0.717, 1.165) is 17.1 Å².